The number of nitrogens with zero attached hydrogens (tertiary/aromatic N) is 1. The van der Waals surface area contributed by atoms with E-state index >= 15 is 0 Å². The highest BCUT2D eigenvalue weighted by atomic mass is 16.4. The van der Waals surface area contributed by atoms with E-state index < -0.39 is 17.4 Å². The van der Waals surface area contributed by atoms with E-state index in [-0.39, 0.29) is 5.91 Å². The maximum absolute atomic E-state index is 12.2. The van der Waals surface area contributed by atoms with E-state index in [1.54, 1.807) is 4.90 Å². The zero-order chi connectivity index (χ0) is 14.5. The van der Waals surface area contributed by atoms with Gasteiger partial charge in [0.05, 0.1) is 11.5 Å². The number of rotatable bonds is 6. The second kappa shape index (κ2) is 6.89. The molecule has 0 aromatic carbocycles. The molecular formula is C14H26N2O3. The molecule has 1 saturated heterocycles. The van der Waals surface area contributed by atoms with Gasteiger partial charge in [0.25, 0.3) is 0 Å². The molecule has 1 amide bonds. The molecule has 19 heavy (non-hydrogen) atoms. The Hall–Kier alpha value is -1.10. The van der Waals surface area contributed by atoms with Gasteiger partial charge in [-0.1, -0.05) is 26.7 Å². The maximum Gasteiger partial charge on any atom is 0.311 e. The van der Waals surface area contributed by atoms with Gasteiger partial charge in [-0.2, -0.15) is 0 Å². The second-order valence-electron chi connectivity index (χ2n) is 5.55. The topological polar surface area (TPSA) is 83.6 Å². The van der Waals surface area contributed by atoms with Gasteiger partial charge in [-0.05, 0) is 25.7 Å². The quantitative estimate of drug-likeness (QED) is 0.768. The van der Waals surface area contributed by atoms with Gasteiger partial charge in [-0.25, -0.2) is 0 Å². The molecule has 1 fully saturated rings. The Bertz CT molecular complexity index is 333. The maximum atomic E-state index is 12.2. The van der Waals surface area contributed by atoms with Gasteiger partial charge >= 0.3 is 5.97 Å². The van der Waals surface area contributed by atoms with Gasteiger partial charge in [-0.15, -0.1) is 0 Å². The van der Waals surface area contributed by atoms with Gasteiger partial charge in [0.15, 0.2) is 0 Å². The summed E-state index contributed by atoms with van der Waals surface area (Å²) < 4.78 is 0. The molecule has 0 radical (unpaired) electrons. The summed E-state index contributed by atoms with van der Waals surface area (Å²) in [5.74, 6) is -0.887. The van der Waals surface area contributed by atoms with Gasteiger partial charge < -0.3 is 15.7 Å². The molecule has 1 aliphatic rings. The third kappa shape index (κ3) is 3.69. The summed E-state index contributed by atoms with van der Waals surface area (Å²) in [6, 6.07) is -0.485. The van der Waals surface area contributed by atoms with E-state index in [1.165, 1.54) is 0 Å². The van der Waals surface area contributed by atoms with Crippen molar-refractivity contribution in [1.29, 1.82) is 0 Å². The second-order valence-corrected chi connectivity index (χ2v) is 5.55. The van der Waals surface area contributed by atoms with Crippen LogP contribution in [0.4, 0.5) is 0 Å². The summed E-state index contributed by atoms with van der Waals surface area (Å²) in [7, 11) is 0. The first-order chi connectivity index (χ1) is 8.96. The fourth-order valence-electron chi connectivity index (χ4n) is 2.72. The number of carboxylic acid groups (broad SMARTS) is 1. The molecule has 2 atom stereocenters. The molecule has 110 valence electrons. The van der Waals surface area contributed by atoms with Crippen LogP contribution in [0.25, 0.3) is 0 Å². The fraction of sp³-hybridized carbons (Fsp3) is 0.857. The molecule has 0 aromatic heterocycles. The minimum atomic E-state index is -0.797. The molecule has 5 heteroatoms. The number of piperidine rings is 1. The number of hydrogen-bond donors (Lipinski definition) is 2. The van der Waals surface area contributed by atoms with Gasteiger partial charge in [0.1, 0.15) is 0 Å². The number of likely N-dealkylation sites (tertiary alicyclic amines) is 1. The number of aliphatic carboxylic acids is 1. The van der Waals surface area contributed by atoms with E-state index in [0.717, 1.165) is 19.3 Å². The lowest BCUT2D eigenvalue weighted by Crippen LogP contribution is -2.53. The Morgan fingerprint density at radius 1 is 1.42 bits per heavy atom. The van der Waals surface area contributed by atoms with Crippen LogP contribution in [0.2, 0.25) is 0 Å². The molecule has 0 aromatic rings. The van der Waals surface area contributed by atoms with Crippen LogP contribution in [0.3, 0.4) is 0 Å². The van der Waals surface area contributed by atoms with Crippen molar-refractivity contribution in [3.63, 3.8) is 0 Å². The molecule has 1 aliphatic heterocycles. The minimum absolute atomic E-state index is 0.0905. The van der Waals surface area contributed by atoms with Crippen LogP contribution in [-0.4, -0.2) is 41.0 Å². The van der Waals surface area contributed by atoms with Crippen molar-refractivity contribution in [2.45, 2.75) is 58.4 Å². The zero-order valence-electron chi connectivity index (χ0n) is 12.0. The molecule has 1 heterocycles. The largest absolute Gasteiger partial charge is 0.481 e. The summed E-state index contributed by atoms with van der Waals surface area (Å²) >= 11 is 0. The van der Waals surface area contributed by atoms with Gasteiger partial charge in [-0.3, -0.25) is 9.59 Å². The molecule has 3 N–H and O–H groups in total. The average Bonchev–Trinajstić information content (AvgIpc) is 2.43. The van der Waals surface area contributed by atoms with Crippen LogP contribution < -0.4 is 5.73 Å². The third-order valence-corrected chi connectivity index (χ3v) is 4.20. The summed E-state index contributed by atoms with van der Waals surface area (Å²) in [4.78, 5) is 25.3. The summed E-state index contributed by atoms with van der Waals surface area (Å²) in [5, 5.41) is 9.40. The fourth-order valence-corrected chi connectivity index (χ4v) is 2.72. The predicted molar refractivity (Wildman–Crippen MR) is 73.7 cm³/mol. The highest BCUT2D eigenvalue weighted by Gasteiger charge is 2.42. The van der Waals surface area contributed by atoms with E-state index in [0.29, 0.717) is 32.4 Å². The number of nitrogens with two attached hydrogens (primary N) is 1. The zero-order valence-corrected chi connectivity index (χ0v) is 12.0. The Labute approximate surface area is 115 Å². The van der Waals surface area contributed by atoms with Crippen molar-refractivity contribution in [1.82, 2.24) is 4.90 Å². The van der Waals surface area contributed by atoms with Crippen molar-refractivity contribution in [2.75, 3.05) is 13.1 Å². The number of unbranched alkanes of at least 4 members (excludes halogenated alkanes) is 1. The van der Waals surface area contributed by atoms with E-state index in [1.807, 2.05) is 6.92 Å². The molecule has 1 unspecified atom stereocenters. The third-order valence-electron chi connectivity index (χ3n) is 4.20. The normalized spacial score (nSPS) is 25.1. The van der Waals surface area contributed by atoms with Crippen molar-refractivity contribution in [2.24, 2.45) is 11.1 Å². The number of carbonyl (C=O) groups is 2. The molecule has 0 saturated carbocycles. The predicted octanol–water partition coefficient (Wildman–Crippen LogP) is 1.61. The Kier molecular flexibility index (Phi) is 5.79. The number of hydrogen-bond acceptors (Lipinski definition) is 3. The van der Waals surface area contributed by atoms with Crippen LogP contribution in [0.1, 0.15) is 52.4 Å². The van der Waals surface area contributed by atoms with Gasteiger partial charge in [0, 0.05) is 13.1 Å². The summed E-state index contributed by atoms with van der Waals surface area (Å²) in [6.45, 7) is 4.87. The average molecular weight is 270 g/mol. The first-order valence-corrected chi connectivity index (χ1v) is 7.24. The number of amides is 1. The Balaban J connectivity index is 2.68. The first-order valence-electron chi connectivity index (χ1n) is 7.24. The SMILES string of the molecule is CCCC[C@H](N)C(=O)N1CCCC(CC)(C(=O)O)C1. The summed E-state index contributed by atoms with van der Waals surface area (Å²) in [6.07, 6.45) is 4.56. The molecule has 1 rings (SSSR count). The smallest absolute Gasteiger partial charge is 0.311 e. The van der Waals surface area contributed by atoms with Crippen LogP contribution in [0.15, 0.2) is 0 Å². The van der Waals surface area contributed by atoms with Crippen LogP contribution in [0.5, 0.6) is 0 Å². The van der Waals surface area contributed by atoms with E-state index in [2.05, 4.69) is 6.92 Å². The highest BCUT2D eigenvalue weighted by Crippen LogP contribution is 2.33. The molecule has 5 nitrogen and oxygen atoms in total. The van der Waals surface area contributed by atoms with E-state index in [4.69, 9.17) is 5.73 Å². The van der Waals surface area contributed by atoms with E-state index in [9.17, 15) is 14.7 Å². The van der Waals surface area contributed by atoms with Crippen molar-refractivity contribution in [3.05, 3.63) is 0 Å². The lowest BCUT2D eigenvalue weighted by Gasteiger charge is -2.40. The lowest BCUT2D eigenvalue weighted by molar-refractivity contribution is -0.155. The summed E-state index contributed by atoms with van der Waals surface area (Å²) in [5.41, 5.74) is 5.12. The highest BCUT2D eigenvalue weighted by molar-refractivity contribution is 5.83. The first kappa shape index (κ1) is 16.0. The molecule has 0 bridgehead atoms. The molecular weight excluding hydrogens is 244 g/mol. The molecule has 0 spiro atoms. The van der Waals surface area contributed by atoms with Crippen LogP contribution in [-0.2, 0) is 9.59 Å². The Morgan fingerprint density at radius 2 is 2.11 bits per heavy atom. The minimum Gasteiger partial charge on any atom is -0.481 e. The van der Waals surface area contributed by atoms with Crippen molar-refractivity contribution in [3.8, 4) is 0 Å². The van der Waals surface area contributed by atoms with Crippen molar-refractivity contribution < 1.29 is 14.7 Å². The number of carboxylic acids is 1. The molecule has 0 aliphatic carbocycles. The Morgan fingerprint density at radius 3 is 2.63 bits per heavy atom. The monoisotopic (exact) mass is 270 g/mol. The lowest BCUT2D eigenvalue weighted by atomic mass is 9.77. The number of carbonyl (C=O) groups excluding carboxylic acids is 1. The van der Waals surface area contributed by atoms with Crippen LogP contribution in [0, 0.1) is 5.41 Å². The standard InChI is InChI=1S/C14H26N2O3/c1-3-5-7-11(15)12(17)16-9-6-8-14(4-2,10-16)13(18)19/h11H,3-10,15H2,1-2H3,(H,18,19)/t11-,14?/m0/s1. The van der Waals surface area contributed by atoms with Gasteiger partial charge in [0.2, 0.25) is 5.91 Å². The van der Waals surface area contributed by atoms with Crippen molar-refractivity contribution >= 4 is 11.9 Å². The van der Waals surface area contributed by atoms with Crippen LogP contribution >= 0.6 is 0 Å².